The number of carboxylic acids is 4. The fourth-order valence-electron chi connectivity index (χ4n) is 9.90. The second kappa shape index (κ2) is 24.4. The van der Waals surface area contributed by atoms with Gasteiger partial charge in [-0.2, -0.15) is 0 Å². The average Bonchev–Trinajstić information content (AvgIpc) is 3.06. The van der Waals surface area contributed by atoms with Crippen LogP contribution < -0.4 is 0 Å². The van der Waals surface area contributed by atoms with Gasteiger partial charge in [-0.05, 0) is 66.3 Å². The Hall–Kier alpha value is -2.16. The van der Waals surface area contributed by atoms with Crippen molar-refractivity contribution in [2.45, 2.75) is 226 Å². The molecule has 0 aromatic heterocycles. The summed E-state index contributed by atoms with van der Waals surface area (Å²) in [5, 5.41) is 44.0. The van der Waals surface area contributed by atoms with Gasteiger partial charge in [0.2, 0.25) is 0 Å². The molecule has 53 heavy (non-hydrogen) atoms. The predicted molar refractivity (Wildman–Crippen MR) is 214 cm³/mol. The molecule has 9 nitrogen and oxygen atoms in total. The highest BCUT2D eigenvalue weighted by atomic mass is 16.4. The first-order chi connectivity index (χ1) is 25.0. The van der Waals surface area contributed by atoms with Crippen molar-refractivity contribution in [3.05, 3.63) is 0 Å². The first-order valence-electron chi connectivity index (χ1n) is 21.6. The number of carbonyl (C=O) groups is 4. The molecule has 0 saturated carbocycles. The third-order valence-electron chi connectivity index (χ3n) is 13.1. The van der Waals surface area contributed by atoms with Crippen molar-refractivity contribution in [1.82, 2.24) is 4.90 Å². The SMILES string of the molecule is CCCCCCCCCCCCCC(CC(=O)O)(C(=O)O)C(CCCCCCCCCCCCC)(C(=O)O)C(C(=O)O)C1CC(C)(C)N(C)C(C)(C)C1. The maximum Gasteiger partial charge on any atom is 0.311 e. The number of rotatable bonds is 32. The molecule has 0 aromatic carbocycles. The number of nitrogens with zero attached hydrogens (tertiary/aromatic N) is 1. The summed E-state index contributed by atoms with van der Waals surface area (Å²) in [4.78, 5) is 56.2. The van der Waals surface area contributed by atoms with E-state index in [1.165, 1.54) is 64.2 Å². The second-order valence-corrected chi connectivity index (χ2v) is 18.0. The Balaban J connectivity index is 3.47. The maximum absolute atomic E-state index is 14.0. The van der Waals surface area contributed by atoms with Crippen LogP contribution in [0.3, 0.4) is 0 Å². The lowest BCUT2D eigenvalue weighted by atomic mass is 9.48. The van der Waals surface area contributed by atoms with Crippen LogP contribution in [0.5, 0.6) is 0 Å². The standard InChI is InChI=1S/C44H81NO8/c1-8-10-12-14-16-18-20-22-24-26-28-30-43(39(50)51,34-36(46)47)44(40(52)53,31-29-27-25-23-21-19-17-15-13-11-9-2)37(38(48)49)35-32-41(3,4)45(7)42(5,6)33-35/h35,37H,8-34H2,1-7H3,(H,46,47)(H,48,49)(H,50,51)(H,52,53). The fourth-order valence-corrected chi connectivity index (χ4v) is 9.90. The summed E-state index contributed by atoms with van der Waals surface area (Å²) < 4.78 is 0. The monoisotopic (exact) mass is 752 g/mol. The van der Waals surface area contributed by atoms with Crippen LogP contribution in [-0.4, -0.2) is 67.3 Å². The predicted octanol–water partition coefficient (Wildman–Crippen LogP) is 11.6. The van der Waals surface area contributed by atoms with Crippen LogP contribution in [0, 0.1) is 22.7 Å². The van der Waals surface area contributed by atoms with E-state index in [1.807, 2.05) is 34.7 Å². The van der Waals surface area contributed by atoms with Crippen molar-refractivity contribution in [3.8, 4) is 0 Å². The number of aliphatic carboxylic acids is 4. The van der Waals surface area contributed by atoms with Gasteiger partial charge < -0.3 is 20.4 Å². The quantitative estimate of drug-likeness (QED) is 0.0492. The minimum Gasteiger partial charge on any atom is -0.481 e. The van der Waals surface area contributed by atoms with Gasteiger partial charge in [0.25, 0.3) is 0 Å². The normalized spacial score (nSPS) is 18.9. The molecular weight excluding hydrogens is 670 g/mol. The van der Waals surface area contributed by atoms with Crippen LogP contribution in [-0.2, 0) is 19.2 Å². The highest BCUT2D eigenvalue weighted by molar-refractivity contribution is 5.93. The topological polar surface area (TPSA) is 152 Å². The summed E-state index contributed by atoms with van der Waals surface area (Å²) in [6.45, 7) is 12.5. The van der Waals surface area contributed by atoms with E-state index in [0.29, 0.717) is 38.5 Å². The summed E-state index contributed by atoms with van der Waals surface area (Å²) in [5.41, 5.74) is -5.58. The van der Waals surface area contributed by atoms with Crippen molar-refractivity contribution < 1.29 is 39.6 Å². The molecule has 1 fully saturated rings. The van der Waals surface area contributed by atoms with Crippen LogP contribution in [0.1, 0.15) is 215 Å². The zero-order chi connectivity index (χ0) is 40.1. The Morgan fingerprint density at radius 1 is 0.566 bits per heavy atom. The Kier molecular flexibility index (Phi) is 22.5. The van der Waals surface area contributed by atoms with Gasteiger partial charge in [0.1, 0.15) is 0 Å². The summed E-state index contributed by atoms with van der Waals surface area (Å²) >= 11 is 0. The molecule has 1 saturated heterocycles. The lowest BCUT2D eigenvalue weighted by Gasteiger charge is -2.57. The van der Waals surface area contributed by atoms with Crippen LogP contribution in [0.15, 0.2) is 0 Å². The van der Waals surface area contributed by atoms with E-state index in [0.717, 1.165) is 51.4 Å². The molecule has 0 amide bonds. The fraction of sp³-hybridized carbons (Fsp3) is 0.909. The van der Waals surface area contributed by atoms with Crippen LogP contribution in [0.2, 0.25) is 0 Å². The Morgan fingerprint density at radius 3 is 1.21 bits per heavy atom. The summed E-state index contributed by atoms with van der Waals surface area (Å²) in [5.74, 6) is -7.98. The molecule has 9 heteroatoms. The zero-order valence-corrected chi connectivity index (χ0v) is 35.1. The molecule has 3 atom stereocenters. The molecule has 3 unspecified atom stereocenters. The van der Waals surface area contributed by atoms with E-state index in [4.69, 9.17) is 0 Å². The van der Waals surface area contributed by atoms with Gasteiger partial charge >= 0.3 is 23.9 Å². The van der Waals surface area contributed by atoms with Crippen molar-refractivity contribution >= 4 is 23.9 Å². The van der Waals surface area contributed by atoms with E-state index >= 15 is 0 Å². The minimum atomic E-state index is -2.31. The molecule has 0 aliphatic carbocycles. The lowest BCUT2D eigenvalue weighted by molar-refractivity contribution is -0.199. The van der Waals surface area contributed by atoms with Gasteiger partial charge in [0, 0.05) is 11.1 Å². The molecule has 1 heterocycles. The zero-order valence-electron chi connectivity index (χ0n) is 35.1. The second-order valence-electron chi connectivity index (χ2n) is 18.0. The maximum atomic E-state index is 14.0. The van der Waals surface area contributed by atoms with Crippen molar-refractivity contribution in [2.75, 3.05) is 7.05 Å². The molecule has 0 radical (unpaired) electrons. The van der Waals surface area contributed by atoms with Crippen molar-refractivity contribution in [2.24, 2.45) is 22.7 Å². The van der Waals surface area contributed by atoms with E-state index in [-0.39, 0.29) is 12.8 Å². The van der Waals surface area contributed by atoms with Crippen LogP contribution in [0.4, 0.5) is 0 Å². The van der Waals surface area contributed by atoms with Gasteiger partial charge in [-0.15, -0.1) is 0 Å². The molecule has 310 valence electrons. The highest BCUT2D eigenvalue weighted by Gasteiger charge is 2.69. The number of piperidine rings is 1. The molecule has 1 aliphatic rings. The van der Waals surface area contributed by atoms with Gasteiger partial charge in [0.05, 0.1) is 23.2 Å². The molecule has 1 rings (SSSR count). The number of unbranched alkanes of at least 4 members (excludes halogenated alkanes) is 20. The van der Waals surface area contributed by atoms with Crippen molar-refractivity contribution in [3.63, 3.8) is 0 Å². The summed E-state index contributed by atoms with van der Waals surface area (Å²) in [7, 11) is 1.99. The molecule has 0 spiro atoms. The molecule has 0 bridgehead atoms. The summed E-state index contributed by atoms with van der Waals surface area (Å²) in [6, 6.07) is 0. The minimum absolute atomic E-state index is 0.179. The first-order valence-corrected chi connectivity index (χ1v) is 21.6. The summed E-state index contributed by atoms with van der Waals surface area (Å²) in [6.07, 6.45) is 21.8. The third kappa shape index (κ3) is 14.8. The number of hydrogen-bond donors (Lipinski definition) is 4. The van der Waals surface area contributed by atoms with E-state index in [1.54, 1.807) is 0 Å². The van der Waals surface area contributed by atoms with Gasteiger partial charge in [-0.3, -0.25) is 24.1 Å². The lowest BCUT2D eigenvalue weighted by Crippen LogP contribution is -2.65. The van der Waals surface area contributed by atoms with Gasteiger partial charge in [-0.1, -0.05) is 155 Å². The van der Waals surface area contributed by atoms with E-state index < -0.39 is 64.0 Å². The largest absolute Gasteiger partial charge is 0.481 e. The highest BCUT2D eigenvalue weighted by Crippen LogP contribution is 2.59. The Bertz CT molecular complexity index is 1070. The van der Waals surface area contributed by atoms with Crippen LogP contribution in [0.25, 0.3) is 0 Å². The number of hydrogen-bond acceptors (Lipinski definition) is 5. The Labute approximate surface area is 323 Å². The van der Waals surface area contributed by atoms with Gasteiger partial charge in [0.15, 0.2) is 0 Å². The van der Waals surface area contributed by atoms with Gasteiger partial charge in [-0.25, -0.2) is 0 Å². The molecular formula is C44H81NO8. The molecule has 0 aromatic rings. The van der Waals surface area contributed by atoms with E-state index in [9.17, 15) is 39.6 Å². The van der Waals surface area contributed by atoms with Crippen LogP contribution >= 0.6 is 0 Å². The molecule has 4 N–H and O–H groups in total. The Morgan fingerprint density at radius 2 is 0.906 bits per heavy atom. The van der Waals surface area contributed by atoms with Crippen molar-refractivity contribution in [1.29, 1.82) is 0 Å². The first kappa shape index (κ1) is 48.9. The third-order valence-corrected chi connectivity index (χ3v) is 13.1. The smallest absolute Gasteiger partial charge is 0.311 e. The number of carboxylic acid groups (broad SMARTS) is 4. The average molecular weight is 752 g/mol. The van der Waals surface area contributed by atoms with E-state index in [2.05, 4.69) is 18.7 Å². The number of likely N-dealkylation sites (tertiary alicyclic amines) is 1. The molecule has 1 aliphatic heterocycles.